The van der Waals surface area contributed by atoms with E-state index in [1.807, 2.05) is 13.8 Å². The second-order valence-corrected chi connectivity index (χ2v) is 6.61. The third-order valence-corrected chi connectivity index (χ3v) is 4.34. The lowest BCUT2D eigenvalue weighted by Crippen LogP contribution is -2.11. The standard InChI is InChI=1S/C14H10F4.C9H7F3O.C2H6/c1-9-4-2-3-5-11(9)10-6-7-13(15)12(8-10)14(16,17)18;1-6(13)7-4-2-3-5-8(7)9(10,11)12;1-2/h2-8H,1H3;2-5H,1H3;1-2H3. The summed E-state index contributed by atoms with van der Waals surface area (Å²) in [5.74, 6) is -1.83. The van der Waals surface area contributed by atoms with Gasteiger partial charge in [-0.3, -0.25) is 4.79 Å². The molecule has 0 N–H and O–H groups in total. The first-order chi connectivity index (χ1) is 15.3. The second-order valence-electron chi connectivity index (χ2n) is 6.61. The lowest BCUT2D eigenvalue weighted by atomic mass is 9.98. The van der Waals surface area contributed by atoms with Gasteiger partial charge in [0.1, 0.15) is 5.82 Å². The van der Waals surface area contributed by atoms with E-state index >= 15 is 0 Å². The predicted octanol–water partition coefficient (Wildman–Crippen LogP) is 8.75. The number of Topliss-reactive ketones (excluding diaryl/α,β-unsaturated/α-hetero) is 1. The Balaban J connectivity index is 0.000000322. The van der Waals surface area contributed by atoms with E-state index in [1.54, 1.807) is 31.2 Å². The Bertz CT molecular complexity index is 1070. The van der Waals surface area contributed by atoms with Crippen LogP contribution in [0.5, 0.6) is 0 Å². The number of alkyl halides is 6. The van der Waals surface area contributed by atoms with Gasteiger partial charge >= 0.3 is 12.4 Å². The number of aryl methyl sites for hydroxylation is 1. The average molecular weight is 472 g/mol. The van der Waals surface area contributed by atoms with Crippen molar-refractivity contribution in [3.8, 4) is 11.1 Å². The van der Waals surface area contributed by atoms with Gasteiger partial charge in [0.05, 0.1) is 11.1 Å². The van der Waals surface area contributed by atoms with Crippen molar-refractivity contribution in [2.45, 2.75) is 40.0 Å². The summed E-state index contributed by atoms with van der Waals surface area (Å²) >= 11 is 0. The van der Waals surface area contributed by atoms with E-state index in [2.05, 4.69) is 0 Å². The highest BCUT2D eigenvalue weighted by atomic mass is 19.4. The highest BCUT2D eigenvalue weighted by molar-refractivity contribution is 5.95. The fraction of sp³-hybridized carbons (Fsp3) is 0.240. The average Bonchev–Trinajstić information content (AvgIpc) is 2.75. The summed E-state index contributed by atoms with van der Waals surface area (Å²) in [6.45, 7) is 6.91. The molecule has 0 aliphatic carbocycles. The number of halogens is 7. The summed E-state index contributed by atoms with van der Waals surface area (Å²) in [7, 11) is 0. The van der Waals surface area contributed by atoms with Crippen LogP contribution in [0, 0.1) is 12.7 Å². The zero-order valence-corrected chi connectivity index (χ0v) is 18.4. The molecule has 0 fully saturated rings. The molecule has 0 saturated carbocycles. The van der Waals surface area contributed by atoms with Crippen molar-refractivity contribution >= 4 is 5.78 Å². The molecule has 178 valence electrons. The first kappa shape index (κ1) is 27.9. The van der Waals surface area contributed by atoms with Gasteiger partial charge in [0.15, 0.2) is 5.78 Å². The number of carbonyl (C=O) groups excluding carboxylic acids is 1. The van der Waals surface area contributed by atoms with Crippen LogP contribution in [0.25, 0.3) is 11.1 Å². The van der Waals surface area contributed by atoms with Crippen LogP contribution in [0.15, 0.2) is 66.7 Å². The van der Waals surface area contributed by atoms with Crippen molar-refractivity contribution in [3.05, 3.63) is 94.8 Å². The van der Waals surface area contributed by atoms with E-state index in [4.69, 9.17) is 0 Å². The molecule has 0 bridgehead atoms. The van der Waals surface area contributed by atoms with Crippen LogP contribution in [0.4, 0.5) is 30.7 Å². The van der Waals surface area contributed by atoms with E-state index in [-0.39, 0.29) is 5.56 Å². The summed E-state index contributed by atoms with van der Waals surface area (Å²) in [5.41, 5.74) is -0.511. The highest BCUT2D eigenvalue weighted by Gasteiger charge is 2.34. The Morgan fingerprint density at radius 2 is 1.24 bits per heavy atom. The van der Waals surface area contributed by atoms with Crippen LogP contribution in [-0.2, 0) is 12.4 Å². The van der Waals surface area contributed by atoms with Crippen LogP contribution in [0.2, 0.25) is 0 Å². The second kappa shape index (κ2) is 11.6. The summed E-state index contributed by atoms with van der Waals surface area (Å²) in [4.78, 5) is 10.8. The molecule has 0 unspecified atom stereocenters. The van der Waals surface area contributed by atoms with Crippen molar-refractivity contribution in [3.63, 3.8) is 0 Å². The first-order valence-corrected chi connectivity index (χ1v) is 9.92. The summed E-state index contributed by atoms with van der Waals surface area (Å²) in [6, 6.07) is 14.8. The van der Waals surface area contributed by atoms with Gasteiger partial charge in [-0.05, 0) is 48.7 Å². The lowest BCUT2D eigenvalue weighted by molar-refractivity contribution is -0.140. The Morgan fingerprint density at radius 3 is 1.73 bits per heavy atom. The Morgan fingerprint density at radius 1 is 0.727 bits per heavy atom. The molecule has 0 spiro atoms. The SMILES string of the molecule is CC.CC(=O)c1ccccc1C(F)(F)F.Cc1ccccc1-c1ccc(F)c(C(F)(F)F)c1. The van der Waals surface area contributed by atoms with Gasteiger partial charge in [0.25, 0.3) is 0 Å². The number of ketones is 1. The molecule has 0 aliphatic rings. The minimum atomic E-state index is -4.68. The molecule has 0 amide bonds. The van der Waals surface area contributed by atoms with E-state index in [1.165, 1.54) is 24.3 Å². The summed E-state index contributed by atoms with van der Waals surface area (Å²) < 4.78 is 87.7. The maximum atomic E-state index is 13.2. The number of benzene rings is 3. The zero-order chi connectivity index (χ0) is 25.4. The van der Waals surface area contributed by atoms with Crippen molar-refractivity contribution in [1.82, 2.24) is 0 Å². The van der Waals surface area contributed by atoms with Crippen LogP contribution in [0.3, 0.4) is 0 Å². The minimum absolute atomic E-state index is 0.282. The minimum Gasteiger partial charge on any atom is -0.294 e. The number of hydrogen-bond acceptors (Lipinski definition) is 1. The quantitative estimate of drug-likeness (QED) is 0.269. The largest absolute Gasteiger partial charge is 0.419 e. The van der Waals surface area contributed by atoms with Crippen LogP contribution < -0.4 is 0 Å². The maximum Gasteiger partial charge on any atom is 0.419 e. The van der Waals surface area contributed by atoms with Gasteiger partial charge in [0.2, 0.25) is 0 Å². The van der Waals surface area contributed by atoms with Crippen LogP contribution in [-0.4, -0.2) is 5.78 Å². The van der Waals surface area contributed by atoms with E-state index in [0.717, 1.165) is 30.7 Å². The molecule has 1 nitrogen and oxygen atoms in total. The topological polar surface area (TPSA) is 17.1 Å². The van der Waals surface area contributed by atoms with Gasteiger partial charge in [-0.25, -0.2) is 4.39 Å². The fourth-order valence-electron chi connectivity index (χ4n) is 2.84. The van der Waals surface area contributed by atoms with E-state index in [9.17, 15) is 35.5 Å². The predicted molar refractivity (Wildman–Crippen MR) is 114 cm³/mol. The molecule has 0 saturated heterocycles. The van der Waals surface area contributed by atoms with Gasteiger partial charge in [-0.15, -0.1) is 0 Å². The van der Waals surface area contributed by atoms with E-state index < -0.39 is 35.1 Å². The van der Waals surface area contributed by atoms with Crippen LogP contribution in [0.1, 0.15) is 47.8 Å². The molecule has 0 aromatic heterocycles. The fourth-order valence-corrected chi connectivity index (χ4v) is 2.84. The van der Waals surface area contributed by atoms with Crippen molar-refractivity contribution in [1.29, 1.82) is 0 Å². The Kier molecular flexibility index (Phi) is 9.82. The Hall–Kier alpha value is -3.16. The molecular formula is C25H23F7O. The molecule has 0 heterocycles. The smallest absolute Gasteiger partial charge is 0.294 e. The third-order valence-electron chi connectivity index (χ3n) is 4.34. The molecule has 3 rings (SSSR count). The zero-order valence-electron chi connectivity index (χ0n) is 18.4. The third kappa shape index (κ3) is 7.73. The van der Waals surface area contributed by atoms with Crippen molar-refractivity contribution in [2.75, 3.05) is 0 Å². The number of carbonyl (C=O) groups is 1. The van der Waals surface area contributed by atoms with Crippen LogP contribution >= 0.6 is 0 Å². The molecule has 0 atom stereocenters. The van der Waals surface area contributed by atoms with E-state index in [0.29, 0.717) is 11.1 Å². The maximum absolute atomic E-state index is 13.2. The van der Waals surface area contributed by atoms with Gasteiger partial charge < -0.3 is 0 Å². The molecular weight excluding hydrogens is 449 g/mol. The number of rotatable bonds is 2. The molecule has 3 aromatic carbocycles. The summed E-state index contributed by atoms with van der Waals surface area (Å²) in [6.07, 6.45) is -9.13. The molecule has 0 radical (unpaired) electrons. The van der Waals surface area contributed by atoms with Crippen molar-refractivity contribution in [2.24, 2.45) is 0 Å². The Labute approximate surface area is 187 Å². The molecule has 33 heavy (non-hydrogen) atoms. The monoisotopic (exact) mass is 472 g/mol. The van der Waals surface area contributed by atoms with Gasteiger partial charge in [0, 0.05) is 5.56 Å². The number of hydrogen-bond donors (Lipinski definition) is 0. The molecule has 8 heteroatoms. The summed E-state index contributed by atoms with van der Waals surface area (Å²) in [5, 5.41) is 0. The molecule has 3 aromatic rings. The van der Waals surface area contributed by atoms with Gasteiger partial charge in [-0.1, -0.05) is 62.4 Å². The van der Waals surface area contributed by atoms with Gasteiger partial charge in [-0.2, -0.15) is 26.3 Å². The first-order valence-electron chi connectivity index (χ1n) is 9.92. The van der Waals surface area contributed by atoms with Crippen molar-refractivity contribution < 1.29 is 35.5 Å². The highest BCUT2D eigenvalue weighted by Crippen LogP contribution is 2.35. The normalized spacial score (nSPS) is 11.0. The molecule has 0 aliphatic heterocycles. The lowest BCUT2D eigenvalue weighted by Gasteiger charge is -2.11.